The van der Waals surface area contributed by atoms with E-state index in [4.69, 9.17) is 14.7 Å². The van der Waals surface area contributed by atoms with Crippen molar-refractivity contribution in [3.05, 3.63) is 70.9 Å². The van der Waals surface area contributed by atoms with Crippen LogP contribution in [0, 0.1) is 11.5 Å². The molecule has 3 rings (SSSR count). The molecule has 1 aliphatic heterocycles. The van der Waals surface area contributed by atoms with Crippen LogP contribution < -0.4 is 20.1 Å². The lowest BCUT2D eigenvalue weighted by atomic mass is 9.93. The highest BCUT2D eigenvalue weighted by Crippen LogP contribution is 2.36. The largest absolute Gasteiger partial charge is 0.493 e. The van der Waals surface area contributed by atoms with E-state index < -0.39 is 6.04 Å². The first-order valence-electron chi connectivity index (χ1n) is 9.09. The van der Waals surface area contributed by atoms with Crippen molar-refractivity contribution < 1.29 is 14.3 Å². The maximum absolute atomic E-state index is 12.2. The average molecular weight is 390 g/mol. The maximum atomic E-state index is 12.2. The summed E-state index contributed by atoms with van der Waals surface area (Å²) in [6.45, 7) is 3.70. The first-order chi connectivity index (χ1) is 14.0. The van der Waals surface area contributed by atoms with E-state index in [0.717, 1.165) is 11.1 Å². The zero-order chi connectivity index (χ0) is 20.8. The molecular weight excluding hydrogens is 368 g/mol. The molecule has 2 N–H and O–H groups in total. The molecule has 148 valence electrons. The summed E-state index contributed by atoms with van der Waals surface area (Å²) in [6, 6.07) is 14.7. The fraction of sp³-hybridized carbons (Fsp3) is 0.227. The van der Waals surface area contributed by atoms with Gasteiger partial charge in [-0.3, -0.25) is 10.1 Å². The lowest BCUT2D eigenvalue weighted by Crippen LogP contribution is -2.38. The molecule has 0 radical (unpaired) electrons. The molecule has 29 heavy (non-hydrogen) atoms. The molecule has 2 aromatic carbocycles. The Morgan fingerprint density at radius 2 is 2.00 bits per heavy atom. The standard InChI is InChI=1S/C22H22N4O3/c1-14-20(15(2)27)21(26-22(25-14)24-13-23)17-9-10-18(19(11-17)28-3)29-12-16-7-5-4-6-8-16/h4-11,21H,12H2,1-3H3,(H2,24,25,26)/t21-/m1/s1. The van der Waals surface area contributed by atoms with Crippen molar-refractivity contribution in [1.29, 1.82) is 5.26 Å². The van der Waals surface area contributed by atoms with Gasteiger partial charge in [0, 0.05) is 11.3 Å². The number of hydrogen-bond acceptors (Lipinski definition) is 7. The Labute approximate surface area is 169 Å². The van der Waals surface area contributed by atoms with Gasteiger partial charge in [-0.25, -0.2) is 4.99 Å². The second-order valence-corrected chi connectivity index (χ2v) is 6.52. The minimum absolute atomic E-state index is 0.0943. The minimum Gasteiger partial charge on any atom is -0.493 e. The summed E-state index contributed by atoms with van der Waals surface area (Å²) in [6.07, 6.45) is 1.84. The van der Waals surface area contributed by atoms with Gasteiger partial charge in [-0.1, -0.05) is 36.4 Å². The first kappa shape index (κ1) is 20.0. The summed E-state index contributed by atoms with van der Waals surface area (Å²) < 4.78 is 11.4. The topological polar surface area (TPSA) is 95.7 Å². The van der Waals surface area contributed by atoms with Gasteiger partial charge in [-0.05, 0) is 37.1 Å². The van der Waals surface area contributed by atoms with Crippen molar-refractivity contribution in [1.82, 2.24) is 10.6 Å². The van der Waals surface area contributed by atoms with E-state index in [0.29, 0.717) is 35.3 Å². The second kappa shape index (κ2) is 8.93. The number of rotatable bonds is 6. The number of hydrogen-bond donors (Lipinski definition) is 2. The van der Waals surface area contributed by atoms with Crippen molar-refractivity contribution in [2.24, 2.45) is 4.99 Å². The van der Waals surface area contributed by atoms with E-state index in [9.17, 15) is 4.79 Å². The van der Waals surface area contributed by atoms with Crippen molar-refractivity contribution in [2.45, 2.75) is 26.5 Å². The Morgan fingerprint density at radius 3 is 2.66 bits per heavy atom. The van der Waals surface area contributed by atoms with Crippen LogP contribution in [0.3, 0.4) is 0 Å². The summed E-state index contributed by atoms with van der Waals surface area (Å²) in [4.78, 5) is 16.7. The van der Waals surface area contributed by atoms with Crippen LogP contribution in [0.25, 0.3) is 0 Å². The third kappa shape index (κ3) is 4.55. The monoisotopic (exact) mass is 390 g/mol. The van der Waals surface area contributed by atoms with Gasteiger partial charge in [0.15, 0.2) is 23.5 Å². The molecule has 0 amide bonds. The number of Topliss-reactive ketones (excluding diaryl/α,β-unsaturated/α-hetero) is 1. The van der Waals surface area contributed by atoms with Crippen molar-refractivity contribution in [3.8, 4) is 17.7 Å². The van der Waals surface area contributed by atoms with Gasteiger partial charge in [0.1, 0.15) is 12.6 Å². The number of nitriles is 1. The number of allylic oxidation sites excluding steroid dienone is 1. The van der Waals surface area contributed by atoms with Crippen LogP contribution in [0.15, 0.2) is 64.8 Å². The number of benzene rings is 2. The predicted octanol–water partition coefficient (Wildman–Crippen LogP) is 3.21. The van der Waals surface area contributed by atoms with Gasteiger partial charge < -0.3 is 14.8 Å². The number of nitrogens with zero attached hydrogens (tertiary/aromatic N) is 2. The molecule has 1 heterocycles. The Balaban J connectivity index is 1.91. The third-order valence-electron chi connectivity index (χ3n) is 4.54. The Hall–Kier alpha value is -3.79. The third-order valence-corrected chi connectivity index (χ3v) is 4.54. The highest BCUT2D eigenvalue weighted by Gasteiger charge is 2.28. The number of carbonyl (C=O) groups excluding carboxylic acids is 1. The van der Waals surface area contributed by atoms with Crippen LogP contribution in [-0.2, 0) is 11.4 Å². The minimum atomic E-state index is -0.554. The molecule has 1 aliphatic rings. The van der Waals surface area contributed by atoms with Crippen LogP contribution in [-0.4, -0.2) is 18.9 Å². The Bertz CT molecular complexity index is 1010. The van der Waals surface area contributed by atoms with Crippen LogP contribution >= 0.6 is 0 Å². The van der Waals surface area contributed by atoms with E-state index in [1.807, 2.05) is 42.6 Å². The van der Waals surface area contributed by atoms with E-state index >= 15 is 0 Å². The number of ketones is 1. The van der Waals surface area contributed by atoms with Crippen LogP contribution in [0.5, 0.6) is 11.5 Å². The number of carbonyl (C=O) groups is 1. The fourth-order valence-corrected chi connectivity index (χ4v) is 3.20. The Kier molecular flexibility index (Phi) is 6.15. The van der Waals surface area contributed by atoms with Gasteiger partial charge in [-0.2, -0.15) is 5.26 Å². The van der Waals surface area contributed by atoms with Crippen LogP contribution in [0.2, 0.25) is 0 Å². The van der Waals surface area contributed by atoms with Crippen LogP contribution in [0.1, 0.15) is 31.0 Å². The SMILES string of the molecule is COc1cc([C@H]2N=C(NC#N)NC(C)=C2C(C)=O)ccc1OCc1ccccc1. The lowest BCUT2D eigenvalue weighted by molar-refractivity contribution is -0.114. The van der Waals surface area contributed by atoms with Crippen molar-refractivity contribution in [2.75, 3.05) is 7.11 Å². The predicted molar refractivity (Wildman–Crippen MR) is 109 cm³/mol. The summed E-state index contributed by atoms with van der Waals surface area (Å²) in [5, 5.41) is 14.3. The molecular formula is C22H22N4O3. The molecule has 7 heteroatoms. The number of guanidine groups is 1. The lowest BCUT2D eigenvalue weighted by Gasteiger charge is -2.25. The number of aliphatic imine (C=N–C) groups is 1. The summed E-state index contributed by atoms with van der Waals surface area (Å²) >= 11 is 0. The molecule has 0 saturated heterocycles. The first-order valence-corrected chi connectivity index (χ1v) is 9.09. The second-order valence-electron chi connectivity index (χ2n) is 6.52. The van der Waals surface area contributed by atoms with E-state index in [-0.39, 0.29) is 5.78 Å². The normalized spacial score (nSPS) is 15.7. The number of methoxy groups -OCH3 is 1. The molecule has 0 saturated carbocycles. The van der Waals surface area contributed by atoms with Crippen LogP contribution in [0.4, 0.5) is 0 Å². The van der Waals surface area contributed by atoms with Crippen molar-refractivity contribution in [3.63, 3.8) is 0 Å². The highest BCUT2D eigenvalue weighted by molar-refractivity contribution is 5.98. The van der Waals surface area contributed by atoms with Gasteiger partial charge in [0.25, 0.3) is 0 Å². The molecule has 0 aromatic heterocycles. The highest BCUT2D eigenvalue weighted by atomic mass is 16.5. The van der Waals surface area contributed by atoms with E-state index in [1.54, 1.807) is 26.2 Å². The molecule has 0 unspecified atom stereocenters. The maximum Gasteiger partial charge on any atom is 0.209 e. The molecule has 2 aromatic rings. The zero-order valence-electron chi connectivity index (χ0n) is 16.5. The smallest absolute Gasteiger partial charge is 0.209 e. The quantitative estimate of drug-likeness (QED) is 0.581. The number of ether oxygens (including phenoxy) is 2. The molecule has 1 atom stereocenters. The van der Waals surface area contributed by atoms with Crippen molar-refractivity contribution >= 4 is 11.7 Å². The average Bonchev–Trinajstić information content (AvgIpc) is 2.72. The van der Waals surface area contributed by atoms with Gasteiger partial charge in [-0.15, -0.1) is 0 Å². The van der Waals surface area contributed by atoms with Gasteiger partial charge >= 0.3 is 0 Å². The van der Waals surface area contributed by atoms with Gasteiger partial charge in [0.05, 0.1) is 7.11 Å². The molecule has 0 spiro atoms. The summed E-state index contributed by atoms with van der Waals surface area (Å²) in [5.74, 6) is 1.34. The van der Waals surface area contributed by atoms with Gasteiger partial charge in [0.2, 0.25) is 5.96 Å². The number of nitrogens with one attached hydrogen (secondary N) is 2. The van der Waals surface area contributed by atoms with E-state index in [1.165, 1.54) is 6.92 Å². The fourth-order valence-electron chi connectivity index (χ4n) is 3.20. The zero-order valence-corrected chi connectivity index (χ0v) is 16.5. The molecule has 0 aliphatic carbocycles. The molecule has 0 bridgehead atoms. The molecule has 0 fully saturated rings. The summed E-state index contributed by atoms with van der Waals surface area (Å²) in [7, 11) is 1.57. The van der Waals surface area contributed by atoms with E-state index in [2.05, 4.69) is 15.6 Å². The summed E-state index contributed by atoms with van der Waals surface area (Å²) in [5.41, 5.74) is 3.00. The Morgan fingerprint density at radius 1 is 1.24 bits per heavy atom. The molecule has 7 nitrogen and oxygen atoms in total.